The fourth-order valence-electron chi connectivity index (χ4n) is 3.80. The Kier molecular flexibility index (Phi) is 6.18. The molecule has 0 bridgehead atoms. The highest BCUT2D eigenvalue weighted by atomic mass is 35.5. The number of nitro benzene ring substituents is 1. The molecule has 0 fully saturated rings. The van der Waals surface area contributed by atoms with E-state index in [1.54, 1.807) is 6.08 Å². The van der Waals surface area contributed by atoms with Gasteiger partial charge < -0.3 is 10.1 Å². The minimum absolute atomic E-state index is 0.0365. The van der Waals surface area contributed by atoms with E-state index in [2.05, 4.69) is 17.4 Å². The van der Waals surface area contributed by atoms with Crippen LogP contribution in [0.15, 0.2) is 66.7 Å². The van der Waals surface area contributed by atoms with E-state index in [1.165, 1.54) is 6.08 Å². The Bertz CT molecular complexity index is 1180. The fourth-order valence-corrected chi connectivity index (χ4v) is 4.02. The van der Waals surface area contributed by atoms with E-state index < -0.39 is 22.5 Å². The average molecular weight is 453 g/mol. The normalized spacial score (nSPS) is 12.4. The smallest absolute Gasteiger partial charge is 0.407 e. The van der Waals surface area contributed by atoms with Crippen molar-refractivity contribution in [3.05, 3.63) is 104 Å². The fraction of sp³-hybridized carbons (Fsp3) is 0.125. The minimum atomic E-state index is -0.983. The van der Waals surface area contributed by atoms with E-state index in [1.807, 2.05) is 36.4 Å². The number of nitrogens with zero attached hydrogens (tertiary/aromatic N) is 1. The molecule has 8 heteroatoms. The third kappa shape index (κ3) is 4.33. The van der Waals surface area contributed by atoms with E-state index in [0.717, 1.165) is 34.4 Å². The van der Waals surface area contributed by atoms with Gasteiger partial charge in [-0.15, -0.1) is 0 Å². The van der Waals surface area contributed by atoms with Gasteiger partial charge in [0.05, 0.1) is 9.95 Å². The molecule has 3 aromatic rings. The molecule has 6 nitrogen and oxygen atoms in total. The number of rotatable bonds is 6. The maximum absolute atomic E-state index is 13.8. The molecule has 162 valence electrons. The number of nitrogens with one attached hydrogen (secondary N) is 1. The summed E-state index contributed by atoms with van der Waals surface area (Å²) in [6, 6.07) is 18.0. The van der Waals surface area contributed by atoms with Crippen LogP contribution in [0.1, 0.15) is 22.6 Å². The monoisotopic (exact) mass is 452 g/mol. The summed E-state index contributed by atoms with van der Waals surface area (Å²) in [5.41, 5.74) is 4.11. The van der Waals surface area contributed by atoms with Gasteiger partial charge in [0.25, 0.3) is 0 Å². The summed E-state index contributed by atoms with van der Waals surface area (Å²) < 4.78 is 19.2. The highest BCUT2D eigenvalue weighted by Gasteiger charge is 2.28. The van der Waals surface area contributed by atoms with Crippen molar-refractivity contribution in [2.75, 3.05) is 13.2 Å². The van der Waals surface area contributed by atoms with Crippen LogP contribution in [-0.4, -0.2) is 24.2 Å². The lowest BCUT2D eigenvalue weighted by atomic mass is 9.98. The number of benzene rings is 3. The summed E-state index contributed by atoms with van der Waals surface area (Å²) in [4.78, 5) is 22.0. The van der Waals surface area contributed by atoms with Gasteiger partial charge in [-0.1, -0.05) is 72.3 Å². The van der Waals surface area contributed by atoms with Crippen molar-refractivity contribution in [3.63, 3.8) is 0 Å². The van der Waals surface area contributed by atoms with Crippen molar-refractivity contribution < 1.29 is 18.8 Å². The molecule has 1 aliphatic rings. The van der Waals surface area contributed by atoms with E-state index in [-0.39, 0.29) is 29.7 Å². The zero-order valence-corrected chi connectivity index (χ0v) is 17.5. The first kappa shape index (κ1) is 21.5. The molecule has 1 N–H and O–H groups in total. The molecule has 0 aromatic heterocycles. The van der Waals surface area contributed by atoms with Crippen molar-refractivity contribution in [1.82, 2.24) is 5.32 Å². The van der Waals surface area contributed by atoms with E-state index in [0.29, 0.717) is 0 Å². The van der Waals surface area contributed by atoms with Crippen molar-refractivity contribution >= 4 is 29.5 Å². The lowest BCUT2D eigenvalue weighted by Crippen LogP contribution is -2.26. The molecule has 0 saturated heterocycles. The Morgan fingerprint density at radius 1 is 1.12 bits per heavy atom. The predicted molar refractivity (Wildman–Crippen MR) is 120 cm³/mol. The summed E-state index contributed by atoms with van der Waals surface area (Å²) in [6.45, 7) is 0.314. The largest absolute Gasteiger partial charge is 0.449 e. The van der Waals surface area contributed by atoms with Crippen LogP contribution in [0.25, 0.3) is 17.2 Å². The van der Waals surface area contributed by atoms with Crippen molar-refractivity contribution in [2.24, 2.45) is 0 Å². The summed E-state index contributed by atoms with van der Waals surface area (Å²) in [7, 11) is 0. The Hall–Kier alpha value is -3.71. The lowest BCUT2D eigenvalue weighted by molar-refractivity contribution is -0.387. The minimum Gasteiger partial charge on any atom is -0.449 e. The van der Waals surface area contributed by atoms with E-state index in [9.17, 15) is 19.3 Å². The van der Waals surface area contributed by atoms with E-state index in [4.69, 9.17) is 16.3 Å². The van der Waals surface area contributed by atoms with Crippen LogP contribution < -0.4 is 5.32 Å². The van der Waals surface area contributed by atoms with Crippen molar-refractivity contribution in [1.29, 1.82) is 0 Å². The number of carbonyl (C=O) groups is 1. The van der Waals surface area contributed by atoms with Crippen molar-refractivity contribution in [2.45, 2.75) is 5.92 Å². The highest BCUT2D eigenvalue weighted by Crippen LogP contribution is 2.44. The summed E-state index contributed by atoms with van der Waals surface area (Å²) in [6.07, 6.45) is 2.43. The number of nitro groups is 1. The van der Waals surface area contributed by atoms with Crippen LogP contribution in [0.2, 0.25) is 5.02 Å². The molecule has 0 radical (unpaired) electrons. The Balaban J connectivity index is 1.34. The van der Waals surface area contributed by atoms with Gasteiger partial charge in [0, 0.05) is 18.5 Å². The average Bonchev–Trinajstić information content (AvgIpc) is 3.11. The van der Waals surface area contributed by atoms with Gasteiger partial charge in [-0.05, 0) is 33.9 Å². The molecular weight excluding hydrogens is 435 g/mol. The third-order valence-electron chi connectivity index (χ3n) is 5.27. The second kappa shape index (κ2) is 9.20. The van der Waals surface area contributed by atoms with E-state index >= 15 is 0 Å². The van der Waals surface area contributed by atoms with Gasteiger partial charge in [0.15, 0.2) is 0 Å². The first-order valence-corrected chi connectivity index (χ1v) is 10.2. The number of halogens is 2. The second-order valence-corrected chi connectivity index (χ2v) is 7.60. The molecule has 1 aliphatic carbocycles. The second-order valence-electron chi connectivity index (χ2n) is 7.19. The summed E-state index contributed by atoms with van der Waals surface area (Å²) in [5, 5.41) is 13.4. The molecule has 0 aliphatic heterocycles. The molecule has 4 rings (SSSR count). The van der Waals surface area contributed by atoms with Crippen molar-refractivity contribution in [3.8, 4) is 11.1 Å². The first-order chi connectivity index (χ1) is 15.5. The molecule has 32 heavy (non-hydrogen) atoms. The Labute approximate surface area is 188 Å². The lowest BCUT2D eigenvalue weighted by Gasteiger charge is -2.14. The van der Waals surface area contributed by atoms with Gasteiger partial charge in [-0.2, -0.15) is 4.39 Å². The number of hydrogen-bond donors (Lipinski definition) is 1. The number of carbonyl (C=O) groups excluding carboxylic acids is 1. The standard InChI is InChI=1S/C24H18ClFN2O4/c25-21-13-23(28(30)31)22(26)12-15(21)6-5-11-27-24(29)32-14-20-18-9-3-1-7-16(18)17-8-2-4-10-19(17)20/h1-10,12-13,20H,11,14H2,(H,27,29). The molecule has 0 heterocycles. The van der Waals surface area contributed by atoms with Crippen LogP contribution in [0.5, 0.6) is 0 Å². The SMILES string of the molecule is O=C(NCC=Cc1cc(F)c([N+](=O)[O-])cc1Cl)OCC1c2ccccc2-c2ccccc21. The van der Waals surface area contributed by atoms with Gasteiger partial charge >= 0.3 is 11.8 Å². The number of alkyl carbamates (subject to hydrolysis) is 1. The predicted octanol–water partition coefficient (Wildman–Crippen LogP) is 5.94. The van der Waals surface area contributed by atoms with Crippen LogP contribution in [-0.2, 0) is 4.74 Å². The Morgan fingerprint density at radius 2 is 1.75 bits per heavy atom. The van der Waals surface area contributed by atoms with Gasteiger partial charge in [0.1, 0.15) is 6.61 Å². The summed E-state index contributed by atoms with van der Waals surface area (Å²) in [5.74, 6) is -1.02. The number of hydrogen-bond acceptors (Lipinski definition) is 4. The van der Waals surface area contributed by atoms with Crippen LogP contribution >= 0.6 is 11.6 Å². The molecule has 3 aromatic carbocycles. The highest BCUT2D eigenvalue weighted by molar-refractivity contribution is 6.32. The molecular formula is C24H18ClFN2O4. The zero-order chi connectivity index (χ0) is 22.7. The molecule has 0 unspecified atom stereocenters. The van der Waals surface area contributed by atoms with Crippen LogP contribution in [0.4, 0.5) is 14.9 Å². The van der Waals surface area contributed by atoms with Crippen LogP contribution in [0.3, 0.4) is 0 Å². The molecule has 0 saturated carbocycles. The van der Waals surface area contributed by atoms with Crippen LogP contribution in [0, 0.1) is 15.9 Å². The molecule has 1 amide bonds. The summed E-state index contributed by atoms with van der Waals surface area (Å²) >= 11 is 5.96. The Morgan fingerprint density at radius 3 is 2.38 bits per heavy atom. The maximum atomic E-state index is 13.8. The first-order valence-electron chi connectivity index (χ1n) is 9.84. The molecule has 0 spiro atoms. The van der Waals surface area contributed by atoms with Gasteiger partial charge in [0.2, 0.25) is 5.82 Å². The topological polar surface area (TPSA) is 81.5 Å². The van der Waals surface area contributed by atoms with Gasteiger partial charge in [-0.25, -0.2) is 4.79 Å². The quantitative estimate of drug-likeness (QED) is 0.370. The van der Waals surface area contributed by atoms with Gasteiger partial charge in [-0.3, -0.25) is 10.1 Å². The number of ether oxygens (including phenoxy) is 1. The zero-order valence-electron chi connectivity index (χ0n) is 16.8. The third-order valence-corrected chi connectivity index (χ3v) is 5.60. The number of fused-ring (bicyclic) bond motifs is 3. The number of amides is 1. The molecule has 0 atom stereocenters. The maximum Gasteiger partial charge on any atom is 0.407 e.